The average Bonchev–Trinajstić information content (AvgIpc) is 2.63. The maximum Gasteiger partial charge on any atom is 0.102 e. The summed E-state index contributed by atoms with van der Waals surface area (Å²) in [5, 5.41) is 10.8. The van der Waals surface area contributed by atoms with Crippen LogP contribution in [0.3, 0.4) is 0 Å². The van der Waals surface area contributed by atoms with Crippen LogP contribution in [0.2, 0.25) is 0 Å². The van der Waals surface area contributed by atoms with Crippen LogP contribution in [0.25, 0.3) is 0 Å². The Kier molecular flexibility index (Phi) is 5.15. The van der Waals surface area contributed by atoms with Gasteiger partial charge in [-0.15, -0.1) is 11.8 Å². The Balaban J connectivity index is 2.06. The lowest BCUT2D eigenvalue weighted by atomic mass is 9.73. The smallest absolute Gasteiger partial charge is 0.102 e. The number of nitriles is 1. The van der Waals surface area contributed by atoms with Gasteiger partial charge >= 0.3 is 0 Å². The quantitative estimate of drug-likeness (QED) is 0.809. The molecule has 1 aliphatic heterocycles. The molecule has 0 fully saturated rings. The van der Waals surface area contributed by atoms with E-state index in [0.29, 0.717) is 0 Å². The van der Waals surface area contributed by atoms with Crippen molar-refractivity contribution >= 4 is 16.8 Å². The van der Waals surface area contributed by atoms with E-state index in [2.05, 4.69) is 61.5 Å². The van der Waals surface area contributed by atoms with Gasteiger partial charge in [0.05, 0.1) is 11.1 Å². The van der Waals surface area contributed by atoms with E-state index in [0.717, 1.165) is 17.3 Å². The molecule has 2 nitrogen and oxygen atoms in total. The number of thioether (sulfide) groups is 1. The van der Waals surface area contributed by atoms with Gasteiger partial charge in [-0.05, 0) is 16.9 Å². The molecule has 0 spiro atoms. The molecular formula is C20H20N2S. The van der Waals surface area contributed by atoms with Crippen LogP contribution in [-0.4, -0.2) is 17.3 Å². The largest absolute Gasteiger partial charge is 0.281 e. The van der Waals surface area contributed by atoms with E-state index >= 15 is 0 Å². The summed E-state index contributed by atoms with van der Waals surface area (Å²) >= 11 is 1.71. The fourth-order valence-corrected chi connectivity index (χ4v) is 4.16. The Morgan fingerprint density at radius 1 is 1.04 bits per heavy atom. The zero-order valence-electron chi connectivity index (χ0n) is 13.2. The lowest BCUT2D eigenvalue weighted by molar-refractivity contribution is 0.489. The molecule has 0 amide bonds. The molecule has 0 radical (unpaired) electrons. The minimum absolute atomic E-state index is 0.162. The van der Waals surface area contributed by atoms with Crippen molar-refractivity contribution in [1.29, 1.82) is 5.26 Å². The topological polar surface area (TPSA) is 36.1 Å². The first kappa shape index (κ1) is 15.8. The van der Waals surface area contributed by atoms with Crippen molar-refractivity contribution in [2.75, 3.05) is 12.3 Å². The average molecular weight is 320 g/mol. The maximum atomic E-state index is 9.84. The molecule has 3 heteroatoms. The molecule has 1 heterocycles. The van der Waals surface area contributed by atoms with Crippen molar-refractivity contribution in [3.05, 3.63) is 71.8 Å². The van der Waals surface area contributed by atoms with Crippen LogP contribution in [0.1, 0.15) is 29.9 Å². The van der Waals surface area contributed by atoms with Crippen molar-refractivity contribution in [3.8, 4) is 6.07 Å². The third-order valence-corrected chi connectivity index (χ3v) is 5.31. The summed E-state index contributed by atoms with van der Waals surface area (Å²) in [6.07, 6.45) is 0. The van der Waals surface area contributed by atoms with E-state index in [4.69, 9.17) is 4.99 Å². The second kappa shape index (κ2) is 7.48. The van der Waals surface area contributed by atoms with E-state index in [9.17, 15) is 5.26 Å². The molecule has 0 saturated carbocycles. The molecule has 3 atom stereocenters. The number of nitrogens with zero attached hydrogens (tertiary/aromatic N) is 2. The highest BCUT2D eigenvalue weighted by Gasteiger charge is 2.38. The highest BCUT2D eigenvalue weighted by Crippen LogP contribution is 2.43. The van der Waals surface area contributed by atoms with Gasteiger partial charge in [0.1, 0.15) is 5.92 Å². The summed E-state index contributed by atoms with van der Waals surface area (Å²) in [5.74, 6) is 1.20. The van der Waals surface area contributed by atoms with Crippen molar-refractivity contribution in [1.82, 2.24) is 0 Å². The van der Waals surface area contributed by atoms with Gasteiger partial charge in [0.15, 0.2) is 0 Å². The molecule has 23 heavy (non-hydrogen) atoms. The third kappa shape index (κ3) is 3.33. The molecule has 2 aromatic rings. The molecule has 1 aliphatic rings. The summed E-state index contributed by atoms with van der Waals surface area (Å²) in [6, 6.07) is 23.5. The molecule has 3 rings (SSSR count). The van der Waals surface area contributed by atoms with Gasteiger partial charge in [-0.1, -0.05) is 67.6 Å². The van der Waals surface area contributed by atoms with Gasteiger partial charge in [0, 0.05) is 18.4 Å². The Morgan fingerprint density at radius 3 is 2.22 bits per heavy atom. The molecule has 3 unspecified atom stereocenters. The van der Waals surface area contributed by atoms with Crippen LogP contribution < -0.4 is 0 Å². The Hall–Kier alpha value is -2.05. The molecule has 0 N–H and O–H groups in total. The van der Waals surface area contributed by atoms with E-state index < -0.39 is 0 Å². The number of hydrogen-bond donors (Lipinski definition) is 0. The highest BCUT2D eigenvalue weighted by atomic mass is 32.2. The minimum atomic E-state index is -0.165. The Morgan fingerprint density at radius 2 is 1.65 bits per heavy atom. The summed E-state index contributed by atoms with van der Waals surface area (Å²) in [7, 11) is 0. The summed E-state index contributed by atoms with van der Waals surface area (Å²) < 4.78 is 0. The number of rotatable bonds is 3. The second-order valence-electron chi connectivity index (χ2n) is 5.67. The molecule has 2 aromatic carbocycles. The van der Waals surface area contributed by atoms with E-state index in [1.54, 1.807) is 11.8 Å². The zero-order chi connectivity index (χ0) is 16.1. The molecule has 0 bridgehead atoms. The lowest BCUT2D eigenvalue weighted by Gasteiger charge is -2.34. The fraction of sp³-hybridized carbons (Fsp3) is 0.300. The van der Waals surface area contributed by atoms with Crippen molar-refractivity contribution in [2.45, 2.75) is 18.8 Å². The maximum absolute atomic E-state index is 9.84. The van der Waals surface area contributed by atoms with Crippen LogP contribution in [0.4, 0.5) is 0 Å². The molecule has 0 aromatic heterocycles. The van der Waals surface area contributed by atoms with E-state index in [1.165, 1.54) is 11.1 Å². The normalized spacial score (nSPS) is 23.8. The minimum Gasteiger partial charge on any atom is -0.281 e. The standard InChI is InChI=1S/C20H20N2S/c1-2-23-20-17(13-21)19(16-11-7-4-8-12-16)18(14-22-20)15-9-5-3-6-10-15/h3-12,17-19H,2,14H2,1H3. The van der Waals surface area contributed by atoms with Crippen LogP contribution in [0.5, 0.6) is 0 Å². The first-order valence-electron chi connectivity index (χ1n) is 8.01. The van der Waals surface area contributed by atoms with Gasteiger partial charge in [-0.2, -0.15) is 5.26 Å². The zero-order valence-corrected chi connectivity index (χ0v) is 14.0. The predicted molar refractivity (Wildman–Crippen MR) is 97.9 cm³/mol. The van der Waals surface area contributed by atoms with Crippen LogP contribution in [0, 0.1) is 17.2 Å². The molecule has 0 saturated heterocycles. The summed E-state index contributed by atoms with van der Waals surface area (Å²) in [5.41, 5.74) is 2.50. The predicted octanol–water partition coefficient (Wildman–Crippen LogP) is 4.86. The number of hydrogen-bond acceptors (Lipinski definition) is 3. The first-order valence-corrected chi connectivity index (χ1v) is 9.00. The van der Waals surface area contributed by atoms with Crippen LogP contribution >= 0.6 is 11.8 Å². The molecule has 116 valence electrons. The molecule has 0 aliphatic carbocycles. The van der Waals surface area contributed by atoms with Crippen molar-refractivity contribution < 1.29 is 0 Å². The lowest BCUT2D eigenvalue weighted by Crippen LogP contribution is -2.31. The Labute approximate surface area is 142 Å². The SMILES string of the molecule is CCSC1=NCC(c2ccccc2)C(c2ccccc2)C1C#N. The van der Waals surface area contributed by atoms with Gasteiger partial charge in [-0.25, -0.2) is 0 Å². The van der Waals surface area contributed by atoms with E-state index in [-0.39, 0.29) is 17.8 Å². The number of aliphatic imine (C=N–C) groups is 1. The number of benzene rings is 2. The summed E-state index contributed by atoms with van der Waals surface area (Å²) in [4.78, 5) is 4.76. The second-order valence-corrected chi connectivity index (χ2v) is 6.96. The third-order valence-electron chi connectivity index (χ3n) is 4.35. The Bertz CT molecular complexity index is 703. The fourth-order valence-electron chi connectivity index (χ4n) is 3.32. The van der Waals surface area contributed by atoms with Gasteiger partial charge in [0.25, 0.3) is 0 Å². The first-order chi connectivity index (χ1) is 11.3. The highest BCUT2D eigenvalue weighted by molar-refractivity contribution is 8.14. The van der Waals surface area contributed by atoms with Crippen LogP contribution in [0.15, 0.2) is 65.7 Å². The molecular weight excluding hydrogens is 300 g/mol. The van der Waals surface area contributed by atoms with E-state index in [1.807, 2.05) is 12.1 Å². The van der Waals surface area contributed by atoms with Crippen molar-refractivity contribution in [2.24, 2.45) is 10.9 Å². The monoisotopic (exact) mass is 320 g/mol. The van der Waals surface area contributed by atoms with Gasteiger partial charge < -0.3 is 0 Å². The van der Waals surface area contributed by atoms with Gasteiger partial charge in [0.2, 0.25) is 0 Å². The van der Waals surface area contributed by atoms with Crippen molar-refractivity contribution in [3.63, 3.8) is 0 Å². The summed E-state index contributed by atoms with van der Waals surface area (Å²) in [6.45, 7) is 2.87. The van der Waals surface area contributed by atoms with Gasteiger partial charge in [-0.3, -0.25) is 4.99 Å². The van der Waals surface area contributed by atoms with Crippen LogP contribution in [-0.2, 0) is 0 Å².